The predicted molar refractivity (Wildman–Crippen MR) is 142 cm³/mol. The second-order valence-corrected chi connectivity index (χ2v) is 12.8. The second kappa shape index (κ2) is 7.85. The maximum absolute atomic E-state index is 13.8. The molecular formula is C30H39N3O4. The number of anilines is 1. The number of aryl methyl sites for hydroxylation is 1. The number of carbonyl (C=O) groups is 1. The average molecular weight is 506 g/mol. The van der Waals surface area contributed by atoms with Gasteiger partial charge in [0.25, 0.3) is 5.91 Å². The Balaban J connectivity index is 1.41. The molecule has 2 bridgehead atoms. The smallest absolute Gasteiger partial charge is 0.251 e. The highest BCUT2D eigenvalue weighted by molar-refractivity contribution is 6.05. The number of aromatic nitrogens is 1. The van der Waals surface area contributed by atoms with E-state index in [4.69, 9.17) is 4.74 Å². The van der Waals surface area contributed by atoms with Crippen LogP contribution >= 0.6 is 0 Å². The van der Waals surface area contributed by atoms with Crippen molar-refractivity contribution in [1.82, 2.24) is 9.88 Å². The first-order valence-electron chi connectivity index (χ1n) is 13.5. The molecule has 198 valence electrons. The van der Waals surface area contributed by atoms with E-state index < -0.39 is 28.8 Å². The number of carbonyl (C=O) groups excluding carboxylic acids is 1. The van der Waals surface area contributed by atoms with Crippen LogP contribution in [0.2, 0.25) is 0 Å². The van der Waals surface area contributed by atoms with Crippen molar-refractivity contribution in [3.63, 3.8) is 0 Å². The SMILES string of the molecule is Cc1ncccc1NC(=O)C1=CCC2[C@@]34CC[C@]5(C[C@H](N(C)C)[C@@H](O)[C@H](O)C5=CC3=CC(C)(C)[C@]12C)O4. The van der Waals surface area contributed by atoms with Gasteiger partial charge in [0.1, 0.15) is 6.10 Å². The summed E-state index contributed by atoms with van der Waals surface area (Å²) in [6.07, 6.45) is 9.48. The number of aliphatic hydroxyl groups excluding tert-OH is 2. The van der Waals surface area contributed by atoms with Crippen molar-refractivity contribution in [1.29, 1.82) is 0 Å². The number of likely N-dealkylation sites (N-methyl/N-ethyl adjacent to an activating group) is 1. The third-order valence-corrected chi connectivity index (χ3v) is 10.6. The van der Waals surface area contributed by atoms with Crippen LogP contribution in [0, 0.1) is 23.7 Å². The summed E-state index contributed by atoms with van der Waals surface area (Å²) in [4.78, 5) is 20.1. The van der Waals surface area contributed by atoms with Crippen LogP contribution in [-0.2, 0) is 9.53 Å². The summed E-state index contributed by atoms with van der Waals surface area (Å²) in [5.41, 5.74) is 2.34. The molecule has 1 saturated heterocycles. The highest BCUT2D eigenvalue weighted by Crippen LogP contribution is 2.70. The second-order valence-electron chi connectivity index (χ2n) is 12.8. The van der Waals surface area contributed by atoms with Gasteiger partial charge < -0.3 is 25.2 Å². The van der Waals surface area contributed by atoms with E-state index in [9.17, 15) is 15.0 Å². The lowest BCUT2D eigenvalue weighted by molar-refractivity contribution is -0.172. The first-order chi connectivity index (χ1) is 17.4. The maximum Gasteiger partial charge on any atom is 0.251 e. The van der Waals surface area contributed by atoms with Gasteiger partial charge in [0.15, 0.2) is 0 Å². The molecule has 6 rings (SSSR count). The number of nitrogens with one attached hydrogen (secondary N) is 1. The Hall–Kier alpha value is -2.32. The van der Waals surface area contributed by atoms with Crippen molar-refractivity contribution >= 4 is 11.6 Å². The van der Waals surface area contributed by atoms with Crippen LogP contribution in [0.25, 0.3) is 0 Å². The summed E-state index contributed by atoms with van der Waals surface area (Å²) in [6.45, 7) is 8.52. The van der Waals surface area contributed by atoms with E-state index in [-0.39, 0.29) is 23.3 Å². The molecule has 7 atom stereocenters. The van der Waals surface area contributed by atoms with Crippen LogP contribution < -0.4 is 5.32 Å². The molecule has 37 heavy (non-hydrogen) atoms. The number of ether oxygens (including phenoxy) is 1. The van der Waals surface area contributed by atoms with Crippen molar-refractivity contribution in [2.45, 2.75) is 82.8 Å². The number of rotatable bonds is 3. The van der Waals surface area contributed by atoms with Crippen molar-refractivity contribution in [2.75, 3.05) is 19.4 Å². The maximum atomic E-state index is 13.8. The minimum Gasteiger partial charge on any atom is -0.388 e. The molecule has 2 aliphatic heterocycles. The van der Waals surface area contributed by atoms with Crippen LogP contribution in [0.5, 0.6) is 0 Å². The summed E-state index contributed by atoms with van der Waals surface area (Å²) in [5.74, 6) is 0.00998. The highest BCUT2D eigenvalue weighted by Gasteiger charge is 2.70. The topological polar surface area (TPSA) is 94.9 Å². The zero-order chi connectivity index (χ0) is 26.5. The van der Waals surface area contributed by atoms with E-state index >= 15 is 0 Å². The first kappa shape index (κ1) is 25.0. The van der Waals surface area contributed by atoms with Gasteiger partial charge in [-0.3, -0.25) is 9.78 Å². The fraction of sp³-hybridized carbons (Fsp3) is 0.600. The van der Waals surface area contributed by atoms with Crippen molar-refractivity contribution in [3.8, 4) is 0 Å². The highest BCUT2D eigenvalue weighted by atomic mass is 16.5. The van der Waals surface area contributed by atoms with Gasteiger partial charge in [-0.05, 0) is 75.4 Å². The Morgan fingerprint density at radius 1 is 1.22 bits per heavy atom. The third-order valence-electron chi connectivity index (χ3n) is 10.6. The van der Waals surface area contributed by atoms with Gasteiger partial charge in [-0.15, -0.1) is 0 Å². The molecule has 1 amide bonds. The first-order valence-corrected chi connectivity index (χ1v) is 13.5. The molecule has 7 nitrogen and oxygen atoms in total. The Labute approximate surface area is 219 Å². The minimum atomic E-state index is -0.958. The normalized spacial score (nSPS) is 41.3. The summed E-state index contributed by atoms with van der Waals surface area (Å²) >= 11 is 0. The van der Waals surface area contributed by atoms with Gasteiger partial charge in [-0.1, -0.05) is 39.0 Å². The van der Waals surface area contributed by atoms with Gasteiger partial charge in [0, 0.05) is 29.1 Å². The lowest BCUT2D eigenvalue weighted by atomic mass is 9.49. The third kappa shape index (κ3) is 3.14. The Morgan fingerprint density at radius 2 is 1.97 bits per heavy atom. The van der Waals surface area contributed by atoms with Gasteiger partial charge in [0.05, 0.1) is 28.7 Å². The number of fused-ring (bicyclic) bond motifs is 1. The Morgan fingerprint density at radius 3 is 2.68 bits per heavy atom. The molecule has 0 aromatic carbocycles. The lowest BCUT2D eigenvalue weighted by Crippen LogP contribution is -2.63. The minimum absolute atomic E-state index is 0.0777. The number of hydrogen-bond donors (Lipinski definition) is 3. The fourth-order valence-corrected chi connectivity index (χ4v) is 8.23. The molecule has 1 unspecified atom stereocenters. The number of aliphatic hydroxyl groups is 2. The number of nitrogens with zero attached hydrogens (tertiary/aromatic N) is 2. The molecule has 7 heteroatoms. The van der Waals surface area contributed by atoms with Crippen molar-refractivity contribution in [2.24, 2.45) is 16.7 Å². The fourth-order valence-electron chi connectivity index (χ4n) is 8.23. The predicted octanol–water partition coefficient (Wildman–Crippen LogP) is 3.53. The van der Waals surface area contributed by atoms with Gasteiger partial charge in [-0.25, -0.2) is 0 Å². The standard InChI is InChI=1S/C30H39N3O4/c1-17-21(8-7-13-31-17)32-26(36)19-9-10-23-28(19,4)27(2,3)15-18-14-20-24(34)25(35)22(33(5)6)16-29(20)11-12-30(18,23)37-29/h7-9,13-15,22-25,34-35H,10-12,16H2,1-6H3,(H,32,36)/t22-,23?,24+,25+,28+,29+,30+/m0/s1. The van der Waals surface area contributed by atoms with E-state index in [1.165, 1.54) is 0 Å². The molecule has 1 aromatic heterocycles. The molecule has 2 fully saturated rings. The Kier molecular flexibility index (Phi) is 5.30. The molecule has 2 spiro atoms. The van der Waals surface area contributed by atoms with Crippen LogP contribution in [-0.4, -0.2) is 69.6 Å². The van der Waals surface area contributed by atoms with Gasteiger partial charge >= 0.3 is 0 Å². The Bertz CT molecular complexity index is 1270. The zero-order valence-corrected chi connectivity index (χ0v) is 22.7. The quantitative estimate of drug-likeness (QED) is 0.582. The number of pyridine rings is 1. The number of hydrogen-bond acceptors (Lipinski definition) is 6. The van der Waals surface area contributed by atoms with Crippen molar-refractivity contribution < 1.29 is 19.7 Å². The molecule has 0 radical (unpaired) electrons. The molecule has 1 saturated carbocycles. The van der Waals surface area contributed by atoms with Gasteiger partial charge in [0.2, 0.25) is 0 Å². The van der Waals surface area contributed by atoms with Crippen LogP contribution in [0.3, 0.4) is 0 Å². The van der Waals surface area contributed by atoms with Crippen molar-refractivity contribution in [3.05, 3.63) is 59.0 Å². The van der Waals surface area contributed by atoms with Crippen LogP contribution in [0.15, 0.2) is 53.3 Å². The van der Waals surface area contributed by atoms with Crippen LogP contribution in [0.4, 0.5) is 5.69 Å². The largest absolute Gasteiger partial charge is 0.388 e. The summed E-state index contributed by atoms with van der Waals surface area (Å²) in [5, 5.41) is 25.3. The van der Waals surface area contributed by atoms with Gasteiger partial charge in [-0.2, -0.15) is 0 Å². The zero-order valence-electron chi connectivity index (χ0n) is 22.7. The van der Waals surface area contributed by atoms with E-state index in [0.717, 1.165) is 47.4 Å². The molecule has 3 heterocycles. The number of allylic oxidation sites excluding steroid dienone is 2. The van der Waals surface area contributed by atoms with E-state index in [1.54, 1.807) is 6.20 Å². The molecular weight excluding hydrogens is 466 g/mol. The lowest BCUT2D eigenvalue weighted by Gasteiger charge is -2.59. The monoisotopic (exact) mass is 505 g/mol. The average Bonchev–Trinajstić information content (AvgIpc) is 3.37. The summed E-state index contributed by atoms with van der Waals surface area (Å²) in [7, 11) is 3.89. The molecule has 5 aliphatic rings. The molecule has 3 aliphatic carbocycles. The number of amides is 1. The van der Waals surface area contributed by atoms with E-state index in [1.807, 2.05) is 38.1 Å². The van der Waals surface area contributed by atoms with E-state index in [0.29, 0.717) is 6.42 Å². The molecule has 3 N–H and O–H groups in total. The van der Waals surface area contributed by atoms with E-state index in [2.05, 4.69) is 49.3 Å². The molecule has 1 aromatic rings. The summed E-state index contributed by atoms with van der Waals surface area (Å²) < 4.78 is 7.21. The summed E-state index contributed by atoms with van der Waals surface area (Å²) in [6, 6.07) is 3.53. The van der Waals surface area contributed by atoms with Crippen LogP contribution in [0.1, 0.15) is 52.1 Å².